The third-order valence-corrected chi connectivity index (χ3v) is 4.02. The average Bonchev–Trinajstić information content (AvgIpc) is 3.42. The van der Waals surface area contributed by atoms with E-state index in [0.717, 1.165) is 0 Å². The Bertz CT molecular complexity index is 1060. The number of benzene rings is 1. The van der Waals surface area contributed by atoms with Crippen molar-refractivity contribution in [2.24, 2.45) is 0 Å². The number of hydrogen-bond acceptors (Lipinski definition) is 7. The van der Waals surface area contributed by atoms with Crippen LogP contribution in [0.1, 0.15) is 25.3 Å². The number of halogens is 1. The van der Waals surface area contributed by atoms with Crippen molar-refractivity contribution in [1.29, 1.82) is 0 Å². The summed E-state index contributed by atoms with van der Waals surface area (Å²) >= 11 is 0. The van der Waals surface area contributed by atoms with E-state index in [4.69, 9.17) is 4.74 Å². The van der Waals surface area contributed by atoms with Gasteiger partial charge in [0.05, 0.1) is 11.4 Å². The van der Waals surface area contributed by atoms with Gasteiger partial charge in [-0.25, -0.2) is 9.37 Å². The van der Waals surface area contributed by atoms with Crippen LogP contribution >= 0.6 is 0 Å². The molecule has 0 saturated heterocycles. The molecule has 0 spiro atoms. The van der Waals surface area contributed by atoms with Crippen molar-refractivity contribution in [3.63, 3.8) is 0 Å². The minimum absolute atomic E-state index is 0.136. The van der Waals surface area contributed by atoms with Gasteiger partial charge in [-0.2, -0.15) is 5.10 Å². The van der Waals surface area contributed by atoms with Crippen LogP contribution in [0.25, 0.3) is 16.9 Å². The number of rotatable bonds is 6. The van der Waals surface area contributed by atoms with Gasteiger partial charge in [0.1, 0.15) is 11.9 Å². The Morgan fingerprint density at radius 1 is 1.25 bits per heavy atom. The van der Waals surface area contributed by atoms with E-state index in [0.29, 0.717) is 29.1 Å². The number of nitrogens with zero attached hydrogens (tertiary/aromatic N) is 6. The van der Waals surface area contributed by atoms with Gasteiger partial charge < -0.3 is 9.84 Å². The lowest BCUT2D eigenvalue weighted by Crippen LogP contribution is -2.01. The molecule has 142 valence electrons. The standard InChI is InChI=1S/C18H16FN7O2/c1-2-16(27)17-23-25-26(24-17)12-3-5-13(6-4-12)28-18-14(19)9-11(10-20-18)15-7-8-21-22-15/h3-10,16,27H,2H2,1H3,(H,21,22). The number of H-pyrrole nitrogens is 1. The molecule has 10 heteroatoms. The molecule has 0 bridgehead atoms. The molecule has 1 aromatic carbocycles. The zero-order valence-corrected chi connectivity index (χ0v) is 14.8. The van der Waals surface area contributed by atoms with Gasteiger partial charge in [0, 0.05) is 18.0 Å². The highest BCUT2D eigenvalue weighted by Crippen LogP contribution is 2.26. The van der Waals surface area contributed by atoms with E-state index >= 15 is 0 Å². The van der Waals surface area contributed by atoms with Gasteiger partial charge in [-0.1, -0.05) is 6.92 Å². The van der Waals surface area contributed by atoms with Crippen molar-refractivity contribution in [1.82, 2.24) is 35.4 Å². The van der Waals surface area contributed by atoms with Crippen LogP contribution in [0.15, 0.2) is 48.8 Å². The van der Waals surface area contributed by atoms with Gasteiger partial charge in [0.25, 0.3) is 5.88 Å². The second-order valence-electron chi connectivity index (χ2n) is 5.94. The number of aliphatic hydroxyl groups is 1. The number of tetrazole rings is 1. The first-order valence-electron chi connectivity index (χ1n) is 8.55. The molecule has 2 N–H and O–H groups in total. The lowest BCUT2D eigenvalue weighted by molar-refractivity contribution is 0.163. The summed E-state index contributed by atoms with van der Waals surface area (Å²) in [7, 11) is 0. The number of aromatic nitrogens is 7. The zero-order chi connectivity index (χ0) is 19.5. The molecule has 3 heterocycles. The quantitative estimate of drug-likeness (QED) is 0.528. The first-order valence-corrected chi connectivity index (χ1v) is 8.55. The fraction of sp³-hybridized carbons (Fsp3) is 0.167. The SMILES string of the molecule is CCC(O)c1nnn(-c2ccc(Oc3ncc(-c4ccn[nH]4)cc3F)cc2)n1. The Kier molecular flexibility index (Phi) is 4.77. The Labute approximate surface area is 158 Å². The van der Waals surface area contributed by atoms with Crippen molar-refractivity contribution < 1.29 is 14.2 Å². The summed E-state index contributed by atoms with van der Waals surface area (Å²) in [4.78, 5) is 5.33. The zero-order valence-electron chi connectivity index (χ0n) is 14.8. The fourth-order valence-corrected chi connectivity index (χ4v) is 2.47. The summed E-state index contributed by atoms with van der Waals surface area (Å²) in [6, 6.07) is 9.70. The highest BCUT2D eigenvalue weighted by Gasteiger charge is 2.13. The molecule has 0 radical (unpaired) electrons. The summed E-state index contributed by atoms with van der Waals surface area (Å²) in [5, 5.41) is 28.2. The molecule has 9 nitrogen and oxygen atoms in total. The molecule has 3 aromatic heterocycles. The summed E-state index contributed by atoms with van der Waals surface area (Å²) in [5.74, 6) is -0.0691. The molecule has 0 aliphatic carbocycles. The monoisotopic (exact) mass is 381 g/mol. The molecule has 4 aromatic rings. The Morgan fingerprint density at radius 2 is 2.07 bits per heavy atom. The third-order valence-electron chi connectivity index (χ3n) is 4.02. The summed E-state index contributed by atoms with van der Waals surface area (Å²) < 4.78 is 19.8. The first kappa shape index (κ1) is 17.7. The van der Waals surface area contributed by atoms with E-state index in [9.17, 15) is 9.50 Å². The Balaban J connectivity index is 1.49. The van der Waals surface area contributed by atoms with E-state index in [2.05, 4.69) is 30.6 Å². The molecular weight excluding hydrogens is 365 g/mol. The number of aromatic amines is 1. The molecule has 0 aliphatic rings. The molecule has 28 heavy (non-hydrogen) atoms. The Morgan fingerprint density at radius 3 is 2.75 bits per heavy atom. The highest BCUT2D eigenvalue weighted by atomic mass is 19.1. The van der Waals surface area contributed by atoms with Crippen LogP contribution in [-0.2, 0) is 0 Å². The predicted molar refractivity (Wildman–Crippen MR) is 96.3 cm³/mol. The van der Waals surface area contributed by atoms with Crippen LogP contribution in [0.3, 0.4) is 0 Å². The van der Waals surface area contributed by atoms with Crippen LogP contribution in [0.4, 0.5) is 4.39 Å². The minimum Gasteiger partial charge on any atom is -0.436 e. The topological polar surface area (TPSA) is 115 Å². The molecule has 4 rings (SSSR count). The second kappa shape index (κ2) is 7.53. The number of hydrogen-bond donors (Lipinski definition) is 2. The second-order valence-corrected chi connectivity index (χ2v) is 5.94. The largest absolute Gasteiger partial charge is 0.436 e. The molecule has 0 fully saturated rings. The molecule has 0 saturated carbocycles. The fourth-order valence-electron chi connectivity index (χ4n) is 2.47. The summed E-state index contributed by atoms with van der Waals surface area (Å²) in [6.07, 6.45) is 2.82. The van der Waals surface area contributed by atoms with Crippen molar-refractivity contribution in [3.05, 3.63) is 60.4 Å². The number of ether oxygens (including phenoxy) is 1. The van der Waals surface area contributed by atoms with E-state index in [1.165, 1.54) is 17.1 Å². The summed E-state index contributed by atoms with van der Waals surface area (Å²) in [5.41, 5.74) is 1.85. The van der Waals surface area contributed by atoms with Crippen LogP contribution in [0, 0.1) is 5.82 Å². The van der Waals surface area contributed by atoms with Gasteiger partial charge >= 0.3 is 0 Å². The maximum atomic E-state index is 14.3. The average molecular weight is 381 g/mol. The lowest BCUT2D eigenvalue weighted by Gasteiger charge is -2.07. The van der Waals surface area contributed by atoms with Crippen molar-refractivity contribution in [2.75, 3.05) is 0 Å². The first-order chi connectivity index (χ1) is 13.6. The molecule has 0 amide bonds. The van der Waals surface area contributed by atoms with E-state index in [-0.39, 0.29) is 11.7 Å². The third kappa shape index (κ3) is 3.58. The van der Waals surface area contributed by atoms with E-state index < -0.39 is 11.9 Å². The van der Waals surface area contributed by atoms with E-state index in [1.54, 1.807) is 36.5 Å². The minimum atomic E-state index is -0.755. The van der Waals surface area contributed by atoms with Crippen LogP contribution in [0.2, 0.25) is 0 Å². The lowest BCUT2D eigenvalue weighted by atomic mass is 10.2. The highest BCUT2D eigenvalue weighted by molar-refractivity contribution is 5.57. The number of pyridine rings is 1. The van der Waals surface area contributed by atoms with Gasteiger partial charge in [-0.3, -0.25) is 5.10 Å². The number of nitrogens with one attached hydrogen (secondary N) is 1. The molecule has 0 aliphatic heterocycles. The van der Waals surface area contributed by atoms with Crippen LogP contribution in [0.5, 0.6) is 11.6 Å². The molecular formula is C18H16FN7O2. The molecule has 1 atom stereocenters. The summed E-state index contributed by atoms with van der Waals surface area (Å²) in [6.45, 7) is 1.83. The van der Waals surface area contributed by atoms with Crippen molar-refractivity contribution >= 4 is 0 Å². The normalized spacial score (nSPS) is 12.1. The maximum absolute atomic E-state index is 14.3. The van der Waals surface area contributed by atoms with Crippen LogP contribution < -0.4 is 4.74 Å². The van der Waals surface area contributed by atoms with Crippen LogP contribution in [-0.4, -0.2) is 40.5 Å². The van der Waals surface area contributed by atoms with Gasteiger partial charge in [0.15, 0.2) is 5.82 Å². The maximum Gasteiger partial charge on any atom is 0.255 e. The van der Waals surface area contributed by atoms with Gasteiger partial charge in [0.2, 0.25) is 5.82 Å². The van der Waals surface area contributed by atoms with Crippen molar-refractivity contribution in [2.45, 2.75) is 19.4 Å². The molecule has 1 unspecified atom stereocenters. The smallest absolute Gasteiger partial charge is 0.255 e. The van der Waals surface area contributed by atoms with E-state index in [1.807, 2.05) is 6.92 Å². The number of aliphatic hydroxyl groups excluding tert-OH is 1. The van der Waals surface area contributed by atoms with Gasteiger partial charge in [-0.15, -0.1) is 15.0 Å². The van der Waals surface area contributed by atoms with Gasteiger partial charge in [-0.05, 0) is 48.0 Å². The Hall–Kier alpha value is -3.66. The van der Waals surface area contributed by atoms with Crippen molar-refractivity contribution in [3.8, 4) is 28.6 Å². The predicted octanol–water partition coefficient (Wildman–Crippen LogP) is 2.82.